The molecule has 2 aliphatic heterocycles. The highest BCUT2D eigenvalue weighted by atomic mass is 32.2. The third kappa shape index (κ3) is 5.62. The first-order valence-electron chi connectivity index (χ1n) is 12.3. The molecule has 2 aromatic carbocycles. The Labute approximate surface area is 230 Å². The number of amidine groups is 1. The summed E-state index contributed by atoms with van der Waals surface area (Å²) in [7, 11) is 2.06. The predicted molar refractivity (Wildman–Crippen MR) is 142 cm³/mol. The Morgan fingerprint density at radius 1 is 1.02 bits per heavy atom. The molecule has 13 heteroatoms. The van der Waals surface area contributed by atoms with Crippen LogP contribution in [0.5, 0.6) is 0 Å². The Hall–Kier alpha value is -3.32. The summed E-state index contributed by atoms with van der Waals surface area (Å²) in [4.78, 5) is 21.7. The fourth-order valence-electron chi connectivity index (χ4n) is 4.73. The fraction of sp³-hybridized carbons (Fsp3) is 0.370. The van der Waals surface area contributed by atoms with E-state index in [4.69, 9.17) is 0 Å². The Kier molecular flexibility index (Phi) is 7.02. The van der Waals surface area contributed by atoms with Crippen molar-refractivity contribution in [1.82, 2.24) is 19.6 Å². The van der Waals surface area contributed by atoms with Crippen molar-refractivity contribution in [3.63, 3.8) is 0 Å². The van der Waals surface area contributed by atoms with Crippen LogP contribution in [0.4, 0.5) is 26.3 Å². The molecule has 0 aliphatic carbocycles. The molecule has 1 saturated heterocycles. The topological polar surface area (TPSA) is 53.7 Å². The predicted octanol–water partition coefficient (Wildman–Crippen LogP) is 6.12. The van der Waals surface area contributed by atoms with Crippen molar-refractivity contribution in [3.8, 4) is 0 Å². The van der Waals surface area contributed by atoms with Gasteiger partial charge < -0.3 is 4.90 Å². The summed E-state index contributed by atoms with van der Waals surface area (Å²) < 4.78 is 81.1. The van der Waals surface area contributed by atoms with E-state index in [1.54, 1.807) is 24.3 Å². The van der Waals surface area contributed by atoms with Gasteiger partial charge in [0, 0.05) is 30.6 Å². The summed E-state index contributed by atoms with van der Waals surface area (Å²) in [6.07, 6.45) is -6.69. The monoisotopic (exact) mass is 581 g/mol. The molecule has 0 unspecified atom stereocenters. The molecule has 1 amide bonds. The molecular formula is C27H25F6N5OS. The Morgan fingerprint density at radius 3 is 2.45 bits per heavy atom. The maximum atomic E-state index is 13.6. The van der Waals surface area contributed by atoms with Crippen molar-refractivity contribution in [2.24, 2.45) is 4.99 Å². The average Bonchev–Trinajstić information content (AvgIpc) is 3.42. The molecule has 5 rings (SSSR count). The average molecular weight is 582 g/mol. The van der Waals surface area contributed by atoms with Gasteiger partial charge in [-0.05, 0) is 74.1 Å². The van der Waals surface area contributed by atoms with Crippen LogP contribution in [-0.4, -0.2) is 62.9 Å². The molecule has 3 heterocycles. The molecule has 6 nitrogen and oxygen atoms in total. The summed E-state index contributed by atoms with van der Waals surface area (Å²) in [6.45, 7) is 6.23. The highest BCUT2D eigenvalue weighted by Crippen LogP contribution is 2.38. The smallest absolute Gasteiger partial charge is 0.348 e. The van der Waals surface area contributed by atoms with Gasteiger partial charge in [-0.15, -0.1) is 0 Å². The number of carbonyl (C=O) groups excluding carboxylic acids is 1. The van der Waals surface area contributed by atoms with E-state index in [1.807, 2.05) is 0 Å². The molecule has 0 bridgehead atoms. The van der Waals surface area contributed by atoms with Crippen LogP contribution in [-0.2, 0) is 23.7 Å². The Balaban J connectivity index is 1.36. The fourth-order valence-corrected chi connectivity index (χ4v) is 5.66. The van der Waals surface area contributed by atoms with Gasteiger partial charge in [0.25, 0.3) is 5.91 Å². The van der Waals surface area contributed by atoms with E-state index in [-0.39, 0.29) is 29.6 Å². The number of halogens is 6. The van der Waals surface area contributed by atoms with E-state index in [0.29, 0.717) is 32.6 Å². The lowest BCUT2D eigenvalue weighted by Crippen LogP contribution is -2.58. The first-order chi connectivity index (χ1) is 18.6. The van der Waals surface area contributed by atoms with Gasteiger partial charge in [-0.2, -0.15) is 36.4 Å². The van der Waals surface area contributed by atoms with Crippen LogP contribution in [0, 0.1) is 0 Å². The molecule has 1 fully saturated rings. The number of amides is 1. The summed E-state index contributed by atoms with van der Waals surface area (Å²) in [6, 6.07) is 6.70. The summed E-state index contributed by atoms with van der Waals surface area (Å²) in [5.41, 5.74) is -1.94. The van der Waals surface area contributed by atoms with E-state index < -0.39 is 23.5 Å². The van der Waals surface area contributed by atoms with Gasteiger partial charge in [-0.25, -0.2) is 0 Å². The minimum atomic E-state index is -4.97. The van der Waals surface area contributed by atoms with Gasteiger partial charge in [0.1, 0.15) is 0 Å². The van der Waals surface area contributed by atoms with Crippen molar-refractivity contribution < 1.29 is 31.1 Å². The first-order valence-corrected chi connectivity index (χ1v) is 13.2. The number of likely N-dealkylation sites (N-methyl/N-ethyl adjacent to an activating group) is 1. The largest absolute Gasteiger partial charge is 0.416 e. The number of aliphatic imine (C=N–C) groups is 1. The van der Waals surface area contributed by atoms with Crippen LogP contribution < -0.4 is 0 Å². The number of hydrogen-bond acceptors (Lipinski definition) is 5. The van der Waals surface area contributed by atoms with Crippen LogP contribution in [0.2, 0.25) is 0 Å². The molecular weight excluding hydrogens is 556 g/mol. The van der Waals surface area contributed by atoms with Gasteiger partial charge in [-0.1, -0.05) is 12.1 Å². The molecule has 2 aliphatic rings. The number of alkyl halides is 6. The van der Waals surface area contributed by atoms with Crippen LogP contribution >= 0.6 is 11.8 Å². The second-order valence-corrected chi connectivity index (χ2v) is 11.5. The van der Waals surface area contributed by atoms with Crippen molar-refractivity contribution in [2.45, 2.75) is 38.3 Å². The molecule has 0 radical (unpaired) electrons. The number of benzene rings is 2. The van der Waals surface area contributed by atoms with Crippen molar-refractivity contribution in [3.05, 3.63) is 69.8 Å². The summed E-state index contributed by atoms with van der Waals surface area (Å²) in [5, 5.41) is 5.43. The minimum absolute atomic E-state index is 0.0662. The van der Waals surface area contributed by atoms with E-state index in [0.717, 1.165) is 25.7 Å². The number of rotatable bonds is 3. The van der Waals surface area contributed by atoms with Crippen LogP contribution in [0.3, 0.4) is 0 Å². The molecule has 0 atom stereocenters. The third-order valence-corrected chi connectivity index (χ3v) is 8.27. The lowest BCUT2D eigenvalue weighted by molar-refractivity contribution is -0.143. The number of hydrogen-bond donors (Lipinski definition) is 0. The SMILES string of the molecule is CN1CCN(C2=NC(=O)/C(=C\c3ccc4c(cnn4Cc4ccc(C(F)(F)F)cc4C(F)(F)F)c3)S2)CC1(C)C. The minimum Gasteiger partial charge on any atom is -0.348 e. The maximum Gasteiger partial charge on any atom is 0.416 e. The highest BCUT2D eigenvalue weighted by molar-refractivity contribution is 8.18. The Bertz CT molecular complexity index is 1540. The molecule has 0 N–H and O–H groups in total. The lowest BCUT2D eigenvalue weighted by Gasteiger charge is -2.45. The zero-order chi connectivity index (χ0) is 29.0. The molecule has 40 heavy (non-hydrogen) atoms. The quantitative estimate of drug-likeness (QED) is 0.276. The number of carbonyl (C=O) groups is 1. The molecule has 3 aromatic rings. The van der Waals surface area contributed by atoms with E-state index >= 15 is 0 Å². The van der Waals surface area contributed by atoms with Crippen molar-refractivity contribution in [1.29, 1.82) is 0 Å². The maximum absolute atomic E-state index is 13.6. The van der Waals surface area contributed by atoms with Crippen LogP contribution in [0.1, 0.15) is 36.1 Å². The second-order valence-electron chi connectivity index (χ2n) is 10.5. The van der Waals surface area contributed by atoms with Crippen molar-refractivity contribution >= 4 is 39.8 Å². The van der Waals surface area contributed by atoms with E-state index in [2.05, 4.69) is 40.8 Å². The van der Waals surface area contributed by atoms with Crippen LogP contribution in [0.15, 0.2) is 52.5 Å². The van der Waals surface area contributed by atoms with Gasteiger partial charge in [0.05, 0.1) is 34.3 Å². The van der Waals surface area contributed by atoms with Gasteiger partial charge in [0.2, 0.25) is 0 Å². The molecule has 0 saturated carbocycles. The highest BCUT2D eigenvalue weighted by Gasteiger charge is 2.38. The van der Waals surface area contributed by atoms with E-state index in [1.165, 1.54) is 22.6 Å². The van der Waals surface area contributed by atoms with Crippen molar-refractivity contribution in [2.75, 3.05) is 26.7 Å². The van der Waals surface area contributed by atoms with Gasteiger partial charge in [0.15, 0.2) is 5.17 Å². The summed E-state index contributed by atoms with van der Waals surface area (Å²) >= 11 is 1.30. The third-order valence-electron chi connectivity index (χ3n) is 7.22. The van der Waals surface area contributed by atoms with Gasteiger partial charge in [-0.3, -0.25) is 14.4 Å². The normalized spacial score (nSPS) is 19.6. The van der Waals surface area contributed by atoms with Crippen LogP contribution in [0.25, 0.3) is 17.0 Å². The number of fused-ring (bicyclic) bond motifs is 1. The molecule has 212 valence electrons. The zero-order valence-corrected chi connectivity index (χ0v) is 22.6. The number of thioether (sulfide) groups is 1. The zero-order valence-electron chi connectivity index (χ0n) is 21.8. The lowest BCUT2D eigenvalue weighted by atomic mass is 10.0. The molecule has 1 aromatic heterocycles. The summed E-state index contributed by atoms with van der Waals surface area (Å²) in [5.74, 6) is -0.338. The van der Waals surface area contributed by atoms with E-state index in [9.17, 15) is 31.1 Å². The standard InChI is InChI=1S/C27H25F6N5OS/c1-25(2)15-37(9-8-36(25)3)24-35-23(39)22(40-24)11-16-4-7-21-18(10-16)13-34-38(21)14-17-5-6-19(26(28,29)30)12-20(17)27(31,32)33/h4-7,10-13H,8-9,14-15H2,1-3H3/b22-11+. The second kappa shape index (κ2) is 9.95. The molecule has 0 spiro atoms. The first kappa shape index (κ1) is 28.2. The number of aromatic nitrogens is 2. The number of nitrogens with zero attached hydrogens (tertiary/aromatic N) is 5. The Morgan fingerprint density at radius 2 is 1.77 bits per heavy atom. The number of piperazine rings is 1. The van der Waals surface area contributed by atoms with Gasteiger partial charge >= 0.3 is 12.4 Å².